The van der Waals surface area contributed by atoms with Gasteiger partial charge in [0.25, 0.3) is 5.91 Å². The molecular formula is C24H15BrClFI2N2O2S. The predicted molar refractivity (Wildman–Crippen MR) is 157 cm³/mol. The van der Waals surface area contributed by atoms with Crippen LogP contribution in [0.4, 0.5) is 10.1 Å². The molecule has 0 saturated carbocycles. The molecule has 3 aromatic carbocycles. The Labute approximate surface area is 241 Å². The van der Waals surface area contributed by atoms with Crippen LogP contribution in [0.3, 0.4) is 0 Å². The molecule has 0 radical (unpaired) electrons. The van der Waals surface area contributed by atoms with Crippen LogP contribution >= 0.6 is 84.5 Å². The lowest BCUT2D eigenvalue weighted by Gasteiger charge is -2.12. The summed E-state index contributed by atoms with van der Waals surface area (Å²) >= 11 is 15.2. The lowest BCUT2D eigenvalue weighted by molar-refractivity contribution is -0.121. The highest BCUT2D eigenvalue weighted by molar-refractivity contribution is 14.1. The lowest BCUT2D eigenvalue weighted by atomic mass is 10.2. The van der Waals surface area contributed by atoms with Crippen LogP contribution in [-0.4, -0.2) is 23.0 Å². The van der Waals surface area contributed by atoms with Gasteiger partial charge in [-0.1, -0.05) is 29.8 Å². The first kappa shape index (κ1) is 25.9. The first-order valence-corrected chi connectivity index (χ1v) is 13.9. The molecule has 1 saturated heterocycles. The Morgan fingerprint density at radius 2 is 1.88 bits per heavy atom. The number of nitrogens with zero attached hydrogens (tertiary/aromatic N) is 2. The molecule has 10 heteroatoms. The number of amidine groups is 1. The van der Waals surface area contributed by atoms with E-state index in [0.29, 0.717) is 32.1 Å². The van der Waals surface area contributed by atoms with Crippen molar-refractivity contribution in [3.63, 3.8) is 0 Å². The first-order valence-electron chi connectivity index (χ1n) is 9.79. The summed E-state index contributed by atoms with van der Waals surface area (Å²) in [6.45, 7) is 0.137. The molecule has 174 valence electrons. The number of hydrogen-bond acceptors (Lipinski definition) is 4. The number of likely N-dealkylation sites (N-methyl/N-ethyl adjacent to an activating group) is 1. The monoisotopic (exact) mass is 782 g/mol. The fraction of sp³-hybridized carbons (Fsp3) is 0.0833. The van der Waals surface area contributed by atoms with Crippen molar-refractivity contribution in [3.8, 4) is 5.75 Å². The van der Waals surface area contributed by atoms with Crippen LogP contribution in [0.25, 0.3) is 6.08 Å². The number of rotatable bonds is 5. The summed E-state index contributed by atoms with van der Waals surface area (Å²) in [5, 5.41) is 1.12. The Bertz CT molecular complexity index is 1330. The van der Waals surface area contributed by atoms with Gasteiger partial charge in [0.1, 0.15) is 18.2 Å². The second-order valence-corrected chi connectivity index (χ2v) is 11.8. The SMILES string of the molecule is CN1C(=O)/C(=C\c2cc(I)c(OCc3ccccc3F)c(I)c2)SC1=Nc1ccc(Br)c(Cl)c1. The van der Waals surface area contributed by atoms with E-state index in [9.17, 15) is 9.18 Å². The molecule has 1 fully saturated rings. The Morgan fingerprint density at radius 1 is 1.18 bits per heavy atom. The normalized spacial score (nSPS) is 16.1. The van der Waals surface area contributed by atoms with E-state index in [4.69, 9.17) is 16.3 Å². The topological polar surface area (TPSA) is 41.9 Å². The maximum Gasteiger partial charge on any atom is 0.266 e. The summed E-state index contributed by atoms with van der Waals surface area (Å²) in [7, 11) is 1.70. The standard InChI is InChI=1S/C24H15BrClFI2N2O2S/c1-31-23(32)21(34-24(31)30-15-6-7-16(25)17(26)11-15)10-13-8-19(28)22(20(29)9-13)33-12-14-4-2-3-5-18(14)27/h2-11H,12H2,1H3/b21-10+,30-24?. The zero-order valence-corrected chi connectivity index (χ0v) is 25.0. The van der Waals surface area contributed by atoms with Gasteiger partial charge in [-0.2, -0.15) is 0 Å². The molecule has 0 unspecified atom stereocenters. The molecule has 4 rings (SSSR count). The molecule has 0 spiro atoms. The van der Waals surface area contributed by atoms with Gasteiger partial charge in [0.2, 0.25) is 0 Å². The molecule has 34 heavy (non-hydrogen) atoms. The molecule has 1 aliphatic heterocycles. The van der Waals surface area contributed by atoms with E-state index < -0.39 is 0 Å². The third-order valence-electron chi connectivity index (χ3n) is 4.78. The van der Waals surface area contributed by atoms with Gasteiger partial charge in [0.15, 0.2) is 5.17 Å². The van der Waals surface area contributed by atoms with Crippen molar-refractivity contribution < 1.29 is 13.9 Å². The lowest BCUT2D eigenvalue weighted by Crippen LogP contribution is -2.23. The van der Waals surface area contributed by atoms with Crippen molar-refractivity contribution in [1.82, 2.24) is 4.90 Å². The molecule has 1 aliphatic rings. The number of benzene rings is 3. The number of carbonyl (C=O) groups excluding carboxylic acids is 1. The third-order valence-corrected chi connectivity index (χ3v) is 8.67. The average Bonchev–Trinajstić information content (AvgIpc) is 3.04. The highest BCUT2D eigenvalue weighted by Crippen LogP contribution is 2.36. The summed E-state index contributed by atoms with van der Waals surface area (Å²) in [5.74, 6) is 0.262. The van der Waals surface area contributed by atoms with Gasteiger partial charge in [-0.25, -0.2) is 9.38 Å². The van der Waals surface area contributed by atoms with Gasteiger partial charge < -0.3 is 4.74 Å². The van der Waals surface area contributed by atoms with Crippen LogP contribution in [0.15, 0.2) is 69.0 Å². The maximum atomic E-state index is 13.9. The van der Waals surface area contributed by atoms with Gasteiger partial charge >= 0.3 is 0 Å². The fourth-order valence-electron chi connectivity index (χ4n) is 3.03. The molecule has 0 atom stereocenters. The van der Waals surface area contributed by atoms with Crippen LogP contribution in [0.2, 0.25) is 5.02 Å². The molecule has 0 aliphatic carbocycles. The molecule has 0 N–H and O–H groups in total. The zero-order valence-electron chi connectivity index (χ0n) is 17.5. The number of hydrogen-bond donors (Lipinski definition) is 0. The van der Waals surface area contributed by atoms with E-state index >= 15 is 0 Å². The number of thioether (sulfide) groups is 1. The van der Waals surface area contributed by atoms with E-state index in [1.54, 1.807) is 31.3 Å². The molecule has 3 aromatic rings. The second-order valence-electron chi connectivity index (χ2n) is 7.16. The fourth-order valence-corrected chi connectivity index (χ4v) is 6.57. The Hall–Kier alpha value is -1.15. The van der Waals surface area contributed by atoms with Crippen molar-refractivity contribution in [2.24, 2.45) is 4.99 Å². The van der Waals surface area contributed by atoms with Crippen molar-refractivity contribution in [3.05, 3.63) is 93.1 Å². The molecule has 4 nitrogen and oxygen atoms in total. The average molecular weight is 784 g/mol. The third kappa shape index (κ3) is 5.97. The van der Waals surface area contributed by atoms with E-state index in [1.165, 1.54) is 22.7 Å². The largest absolute Gasteiger partial charge is 0.487 e. The summed E-state index contributed by atoms with van der Waals surface area (Å²) < 4.78 is 22.3. The van der Waals surface area contributed by atoms with Crippen LogP contribution in [0, 0.1) is 13.0 Å². The van der Waals surface area contributed by atoms with Crippen LogP contribution < -0.4 is 4.74 Å². The molecule has 1 amide bonds. The van der Waals surface area contributed by atoms with Gasteiger partial charge in [-0.3, -0.25) is 9.69 Å². The molecule has 1 heterocycles. The summed E-state index contributed by atoms with van der Waals surface area (Å²) in [4.78, 5) is 19.5. The summed E-state index contributed by atoms with van der Waals surface area (Å²) in [6, 6.07) is 15.8. The predicted octanol–water partition coefficient (Wildman–Crippen LogP) is 8.26. The van der Waals surface area contributed by atoms with Gasteiger partial charge in [0, 0.05) is 17.1 Å². The van der Waals surface area contributed by atoms with Gasteiger partial charge in [-0.05, 0) is 121 Å². The second kappa shape index (κ2) is 11.3. The van der Waals surface area contributed by atoms with Crippen LogP contribution in [0.1, 0.15) is 11.1 Å². The number of halogens is 5. The van der Waals surface area contributed by atoms with E-state index in [1.807, 2.05) is 30.3 Å². The minimum Gasteiger partial charge on any atom is -0.487 e. The molecule has 0 aromatic heterocycles. The van der Waals surface area contributed by atoms with Crippen molar-refractivity contribution in [1.29, 1.82) is 0 Å². The van der Waals surface area contributed by atoms with Gasteiger partial charge in [0.05, 0.1) is 22.8 Å². The van der Waals surface area contributed by atoms with Crippen LogP contribution in [0.5, 0.6) is 5.75 Å². The highest BCUT2D eigenvalue weighted by Gasteiger charge is 2.30. The maximum absolute atomic E-state index is 13.9. The van der Waals surface area contributed by atoms with Gasteiger partial charge in [-0.15, -0.1) is 0 Å². The number of amides is 1. The Kier molecular flexibility index (Phi) is 8.60. The van der Waals surface area contributed by atoms with E-state index in [-0.39, 0.29) is 18.3 Å². The van der Waals surface area contributed by atoms with E-state index in [2.05, 4.69) is 66.1 Å². The number of aliphatic imine (C=N–C) groups is 1. The molecule has 0 bridgehead atoms. The Morgan fingerprint density at radius 3 is 2.56 bits per heavy atom. The highest BCUT2D eigenvalue weighted by atomic mass is 127. The number of carbonyl (C=O) groups is 1. The quantitative estimate of drug-likeness (QED) is 0.194. The smallest absolute Gasteiger partial charge is 0.266 e. The zero-order chi connectivity index (χ0) is 24.4. The van der Waals surface area contributed by atoms with Crippen molar-refractivity contribution in [2.75, 3.05) is 7.05 Å². The minimum absolute atomic E-state index is 0.128. The van der Waals surface area contributed by atoms with Crippen molar-refractivity contribution in [2.45, 2.75) is 6.61 Å². The Balaban J connectivity index is 1.55. The van der Waals surface area contributed by atoms with Crippen LogP contribution in [-0.2, 0) is 11.4 Å². The molecular weight excluding hydrogens is 769 g/mol. The summed E-state index contributed by atoms with van der Waals surface area (Å²) in [6.07, 6.45) is 1.84. The van der Waals surface area contributed by atoms with E-state index in [0.717, 1.165) is 17.2 Å². The van der Waals surface area contributed by atoms with Crippen molar-refractivity contribution >= 4 is 107 Å². The minimum atomic E-state index is -0.294. The first-order chi connectivity index (χ1) is 16.2. The number of ether oxygens (including phenoxy) is 1. The summed E-state index contributed by atoms with van der Waals surface area (Å²) in [5.41, 5.74) is 2.02.